The van der Waals surface area contributed by atoms with Gasteiger partial charge >= 0.3 is 0 Å². The van der Waals surface area contributed by atoms with Crippen molar-refractivity contribution in [3.63, 3.8) is 0 Å². The van der Waals surface area contributed by atoms with Gasteiger partial charge in [-0.3, -0.25) is 10.1 Å². The summed E-state index contributed by atoms with van der Waals surface area (Å²) >= 11 is 0. The number of piperidine rings is 1. The zero-order valence-electron chi connectivity index (χ0n) is 13.3. The van der Waals surface area contributed by atoms with Crippen molar-refractivity contribution in [1.82, 2.24) is 9.62 Å². The van der Waals surface area contributed by atoms with Crippen LogP contribution < -0.4 is 4.72 Å². The number of likely N-dealkylation sites (tertiary alicyclic amines) is 1. The number of hydrogen-bond donors (Lipinski definition) is 1. The second kappa shape index (κ2) is 7.85. The van der Waals surface area contributed by atoms with E-state index in [1.807, 2.05) is 0 Å². The normalized spacial score (nSPS) is 16.4. The van der Waals surface area contributed by atoms with Gasteiger partial charge in [0.2, 0.25) is 10.0 Å². The van der Waals surface area contributed by atoms with E-state index in [-0.39, 0.29) is 10.6 Å². The smallest absolute Gasteiger partial charge is 0.273 e. The quantitative estimate of drug-likeness (QED) is 0.465. The third-order valence-electron chi connectivity index (χ3n) is 4.08. The minimum atomic E-state index is -3.71. The molecule has 128 valence electrons. The Labute approximate surface area is 136 Å². The zero-order chi connectivity index (χ0) is 16.9. The van der Waals surface area contributed by atoms with Gasteiger partial charge in [0.05, 0.1) is 9.82 Å². The summed E-state index contributed by atoms with van der Waals surface area (Å²) in [7, 11) is -3.71. The first-order valence-electron chi connectivity index (χ1n) is 7.87. The third kappa shape index (κ3) is 4.98. The van der Waals surface area contributed by atoms with E-state index in [1.54, 1.807) is 6.92 Å². The zero-order valence-corrected chi connectivity index (χ0v) is 14.1. The van der Waals surface area contributed by atoms with Crippen LogP contribution in [0.15, 0.2) is 23.1 Å². The van der Waals surface area contributed by atoms with Gasteiger partial charge in [-0.05, 0) is 51.9 Å². The van der Waals surface area contributed by atoms with E-state index >= 15 is 0 Å². The molecule has 2 rings (SSSR count). The predicted octanol–water partition coefficient (Wildman–Crippen LogP) is 2.06. The molecule has 1 heterocycles. The van der Waals surface area contributed by atoms with E-state index in [0.29, 0.717) is 12.1 Å². The molecule has 0 aromatic heterocycles. The Hall–Kier alpha value is -1.51. The minimum Gasteiger partial charge on any atom is -0.303 e. The lowest BCUT2D eigenvalue weighted by molar-refractivity contribution is -0.385. The molecule has 1 saturated heterocycles. The van der Waals surface area contributed by atoms with Crippen molar-refractivity contribution in [2.24, 2.45) is 0 Å². The van der Waals surface area contributed by atoms with Crippen LogP contribution in [-0.2, 0) is 10.0 Å². The largest absolute Gasteiger partial charge is 0.303 e. The van der Waals surface area contributed by atoms with Crippen LogP contribution in [0.4, 0.5) is 5.69 Å². The predicted molar refractivity (Wildman–Crippen MR) is 87.9 cm³/mol. The van der Waals surface area contributed by atoms with Crippen LogP contribution in [0.3, 0.4) is 0 Å². The second-order valence-electron chi connectivity index (χ2n) is 5.86. The van der Waals surface area contributed by atoms with Crippen LogP contribution in [0.1, 0.15) is 31.2 Å². The van der Waals surface area contributed by atoms with Gasteiger partial charge < -0.3 is 4.90 Å². The van der Waals surface area contributed by atoms with Crippen LogP contribution in [0.5, 0.6) is 0 Å². The summed E-state index contributed by atoms with van der Waals surface area (Å²) in [6, 6.07) is 3.97. The standard InChI is InChI=1S/C15H23N3O4S/c1-13-6-7-14(12-15(13)18(19)20)23(21,22)16-8-5-11-17-9-3-2-4-10-17/h6-7,12,16H,2-5,8-11H2,1H3. The fourth-order valence-electron chi connectivity index (χ4n) is 2.73. The summed E-state index contributed by atoms with van der Waals surface area (Å²) in [5, 5.41) is 10.9. The number of sulfonamides is 1. The maximum atomic E-state index is 12.2. The number of nitrogens with zero attached hydrogens (tertiary/aromatic N) is 2. The molecule has 1 N–H and O–H groups in total. The number of hydrogen-bond acceptors (Lipinski definition) is 5. The van der Waals surface area contributed by atoms with Crippen LogP contribution in [0, 0.1) is 17.0 Å². The van der Waals surface area contributed by atoms with Crippen molar-refractivity contribution < 1.29 is 13.3 Å². The van der Waals surface area contributed by atoms with E-state index in [0.717, 1.165) is 32.1 Å². The average molecular weight is 341 g/mol. The van der Waals surface area contributed by atoms with Gasteiger partial charge in [-0.2, -0.15) is 0 Å². The first kappa shape index (κ1) is 17.8. The lowest BCUT2D eigenvalue weighted by atomic mass is 10.1. The Kier molecular flexibility index (Phi) is 6.09. The molecule has 23 heavy (non-hydrogen) atoms. The molecule has 0 unspecified atom stereocenters. The molecule has 1 aromatic carbocycles. The summed E-state index contributed by atoms with van der Waals surface area (Å²) < 4.78 is 27.0. The van der Waals surface area contributed by atoms with Gasteiger partial charge in [0, 0.05) is 18.2 Å². The van der Waals surface area contributed by atoms with E-state index < -0.39 is 14.9 Å². The van der Waals surface area contributed by atoms with Crippen molar-refractivity contribution in [3.8, 4) is 0 Å². The van der Waals surface area contributed by atoms with E-state index in [4.69, 9.17) is 0 Å². The van der Waals surface area contributed by atoms with Crippen molar-refractivity contribution in [3.05, 3.63) is 33.9 Å². The van der Waals surface area contributed by atoms with Gasteiger partial charge in [-0.25, -0.2) is 13.1 Å². The Bertz CT molecular complexity index is 655. The van der Waals surface area contributed by atoms with Crippen molar-refractivity contribution in [2.75, 3.05) is 26.2 Å². The molecule has 0 atom stereocenters. The highest BCUT2D eigenvalue weighted by molar-refractivity contribution is 7.89. The lowest BCUT2D eigenvalue weighted by Crippen LogP contribution is -2.33. The molecule has 0 aliphatic carbocycles. The Balaban J connectivity index is 1.91. The highest BCUT2D eigenvalue weighted by Crippen LogP contribution is 2.22. The van der Waals surface area contributed by atoms with E-state index in [1.165, 1.54) is 31.4 Å². The average Bonchev–Trinajstić information content (AvgIpc) is 2.52. The number of nitrogens with one attached hydrogen (secondary N) is 1. The molecule has 8 heteroatoms. The SMILES string of the molecule is Cc1ccc(S(=O)(=O)NCCCN2CCCCC2)cc1[N+](=O)[O-]. The van der Waals surface area contributed by atoms with E-state index in [9.17, 15) is 18.5 Å². The molecule has 0 saturated carbocycles. The maximum absolute atomic E-state index is 12.2. The first-order valence-corrected chi connectivity index (χ1v) is 9.35. The van der Waals surface area contributed by atoms with Gasteiger partial charge in [0.25, 0.3) is 5.69 Å². The Morgan fingerprint density at radius 2 is 1.96 bits per heavy atom. The molecular weight excluding hydrogens is 318 g/mol. The number of nitro benzene ring substituents is 1. The van der Waals surface area contributed by atoms with Crippen molar-refractivity contribution in [1.29, 1.82) is 0 Å². The third-order valence-corrected chi connectivity index (χ3v) is 5.54. The highest BCUT2D eigenvalue weighted by Gasteiger charge is 2.19. The summed E-state index contributed by atoms with van der Waals surface area (Å²) in [6.07, 6.45) is 4.42. The summed E-state index contributed by atoms with van der Waals surface area (Å²) in [6.45, 7) is 4.95. The molecule has 0 spiro atoms. The van der Waals surface area contributed by atoms with Crippen LogP contribution >= 0.6 is 0 Å². The fourth-order valence-corrected chi connectivity index (χ4v) is 3.82. The van der Waals surface area contributed by atoms with Crippen LogP contribution in [0.25, 0.3) is 0 Å². The van der Waals surface area contributed by atoms with Gasteiger partial charge in [0.15, 0.2) is 0 Å². The molecule has 1 aromatic rings. The van der Waals surface area contributed by atoms with Gasteiger partial charge in [0.1, 0.15) is 0 Å². The summed E-state index contributed by atoms with van der Waals surface area (Å²) in [5.41, 5.74) is 0.264. The molecular formula is C15H23N3O4S. The summed E-state index contributed by atoms with van der Waals surface area (Å²) in [5.74, 6) is 0. The maximum Gasteiger partial charge on any atom is 0.273 e. The molecule has 1 aliphatic heterocycles. The molecule has 7 nitrogen and oxygen atoms in total. The number of rotatable bonds is 7. The van der Waals surface area contributed by atoms with E-state index in [2.05, 4.69) is 9.62 Å². The van der Waals surface area contributed by atoms with Crippen LogP contribution in [0.2, 0.25) is 0 Å². The van der Waals surface area contributed by atoms with Crippen LogP contribution in [-0.4, -0.2) is 44.4 Å². The topological polar surface area (TPSA) is 92.6 Å². The fraction of sp³-hybridized carbons (Fsp3) is 0.600. The highest BCUT2D eigenvalue weighted by atomic mass is 32.2. The number of benzene rings is 1. The van der Waals surface area contributed by atoms with Gasteiger partial charge in [-0.15, -0.1) is 0 Å². The monoisotopic (exact) mass is 341 g/mol. The summed E-state index contributed by atoms with van der Waals surface area (Å²) in [4.78, 5) is 12.6. The molecule has 1 aliphatic rings. The molecule has 0 radical (unpaired) electrons. The first-order chi connectivity index (χ1) is 10.9. The molecule has 0 bridgehead atoms. The lowest BCUT2D eigenvalue weighted by Gasteiger charge is -2.26. The Morgan fingerprint density at radius 3 is 2.61 bits per heavy atom. The van der Waals surface area contributed by atoms with Gasteiger partial charge in [-0.1, -0.05) is 12.5 Å². The number of aryl methyl sites for hydroxylation is 1. The van der Waals surface area contributed by atoms with Crippen molar-refractivity contribution in [2.45, 2.75) is 37.5 Å². The van der Waals surface area contributed by atoms with Crippen molar-refractivity contribution >= 4 is 15.7 Å². The molecule has 0 amide bonds. The molecule has 1 fully saturated rings. The second-order valence-corrected chi connectivity index (χ2v) is 7.63. The number of nitro groups is 1. The Morgan fingerprint density at radius 1 is 1.26 bits per heavy atom. The minimum absolute atomic E-state index is 0.0622.